The second-order valence-electron chi connectivity index (χ2n) is 5.76. The van der Waals surface area contributed by atoms with E-state index in [4.69, 9.17) is 0 Å². The van der Waals surface area contributed by atoms with Crippen LogP contribution in [0.1, 0.15) is 17.2 Å². The molecule has 2 heterocycles. The molecule has 0 aliphatic carbocycles. The minimum Gasteiger partial charge on any atom is -0.307 e. The van der Waals surface area contributed by atoms with Crippen molar-refractivity contribution in [2.75, 3.05) is 7.05 Å². The van der Waals surface area contributed by atoms with Crippen molar-refractivity contribution < 1.29 is 26.3 Å². The van der Waals surface area contributed by atoms with Crippen LogP contribution in [0.25, 0.3) is 5.65 Å². The first-order valence-corrected chi connectivity index (χ1v) is 8.40. The fourth-order valence-corrected chi connectivity index (χ4v) is 3.59. The molecule has 144 valence electrons. The quantitative estimate of drug-likeness (QED) is 0.417. The zero-order chi connectivity index (χ0) is 19.8. The summed E-state index contributed by atoms with van der Waals surface area (Å²) in [6, 6.07) is 4.22. The topological polar surface area (TPSA) is 20.5 Å². The number of hydrogen-bond donors (Lipinski definition) is 0. The van der Waals surface area contributed by atoms with Gasteiger partial charge >= 0.3 is 12.4 Å². The lowest BCUT2D eigenvalue weighted by atomic mass is 10.0. The Morgan fingerprint density at radius 3 is 2.26 bits per heavy atom. The highest BCUT2D eigenvalue weighted by atomic mass is 32.2. The van der Waals surface area contributed by atoms with Crippen LogP contribution < -0.4 is 0 Å². The highest BCUT2D eigenvalue weighted by molar-refractivity contribution is 7.97. The zero-order valence-electron chi connectivity index (χ0n) is 13.8. The van der Waals surface area contributed by atoms with E-state index >= 15 is 0 Å². The Kier molecular flexibility index (Phi) is 5.13. The van der Waals surface area contributed by atoms with Gasteiger partial charge in [0.05, 0.1) is 5.56 Å². The number of imidazole rings is 1. The van der Waals surface area contributed by atoms with Gasteiger partial charge in [-0.05, 0) is 48.8 Å². The molecule has 3 nitrogen and oxygen atoms in total. The van der Waals surface area contributed by atoms with Gasteiger partial charge in [-0.1, -0.05) is 12.1 Å². The summed E-state index contributed by atoms with van der Waals surface area (Å²) < 4.78 is 81.5. The summed E-state index contributed by atoms with van der Waals surface area (Å²) >= 11 is 0.839. The number of hydrogen-bond acceptors (Lipinski definition) is 3. The molecule has 0 N–H and O–H groups in total. The summed E-state index contributed by atoms with van der Waals surface area (Å²) in [5.74, 6) is 0. The van der Waals surface area contributed by atoms with Crippen LogP contribution in [0.5, 0.6) is 0 Å². The SMILES string of the molecule is CN(Sc1ccn2ccnc2c1)[C@H](c1ccc(C(F)(F)F)cc1)C(F)(F)F. The molecular weight excluding hydrogens is 392 g/mol. The third-order valence-electron chi connectivity index (χ3n) is 3.85. The normalized spacial score (nSPS) is 14.1. The number of aromatic nitrogens is 2. The molecular formula is C17H13F6N3S. The van der Waals surface area contributed by atoms with Crippen molar-refractivity contribution in [3.8, 4) is 0 Å². The van der Waals surface area contributed by atoms with Crippen molar-refractivity contribution in [1.29, 1.82) is 0 Å². The minimum atomic E-state index is -4.67. The Bertz CT molecular complexity index is 917. The molecule has 0 unspecified atom stereocenters. The number of alkyl halides is 6. The van der Waals surface area contributed by atoms with Crippen LogP contribution in [0.2, 0.25) is 0 Å². The highest BCUT2D eigenvalue weighted by Crippen LogP contribution is 2.42. The van der Waals surface area contributed by atoms with Crippen LogP contribution in [0, 0.1) is 0 Å². The molecule has 0 aliphatic rings. The van der Waals surface area contributed by atoms with Crippen LogP contribution in [0.15, 0.2) is 59.9 Å². The molecule has 2 aromatic heterocycles. The van der Waals surface area contributed by atoms with E-state index in [1.807, 2.05) is 0 Å². The molecule has 0 saturated carbocycles. The van der Waals surface area contributed by atoms with Gasteiger partial charge in [0.1, 0.15) is 11.7 Å². The lowest BCUT2D eigenvalue weighted by Gasteiger charge is -2.29. The van der Waals surface area contributed by atoms with Crippen molar-refractivity contribution in [2.24, 2.45) is 0 Å². The predicted molar refractivity (Wildman–Crippen MR) is 89.1 cm³/mol. The lowest BCUT2D eigenvalue weighted by Crippen LogP contribution is -2.32. The van der Waals surface area contributed by atoms with Crippen LogP contribution in [-0.4, -0.2) is 26.9 Å². The standard InChI is InChI=1S/C17H13F6N3S/c1-25(27-13-6-8-26-9-7-24-14(26)10-13)15(17(21,22)23)11-2-4-12(5-3-11)16(18,19)20/h2-10,15H,1H3/t15-/m1/s1. The molecule has 0 saturated heterocycles. The van der Waals surface area contributed by atoms with Crippen LogP contribution in [0.4, 0.5) is 26.3 Å². The number of benzene rings is 1. The summed E-state index contributed by atoms with van der Waals surface area (Å²) in [6.07, 6.45) is -4.34. The largest absolute Gasteiger partial charge is 0.416 e. The van der Waals surface area contributed by atoms with Crippen molar-refractivity contribution in [1.82, 2.24) is 13.7 Å². The number of pyridine rings is 1. The second kappa shape index (κ2) is 7.08. The van der Waals surface area contributed by atoms with Gasteiger partial charge in [0.2, 0.25) is 0 Å². The second-order valence-corrected chi connectivity index (χ2v) is 6.99. The third-order valence-corrected chi connectivity index (χ3v) is 4.81. The van der Waals surface area contributed by atoms with Gasteiger partial charge in [-0.25, -0.2) is 9.29 Å². The number of fused-ring (bicyclic) bond motifs is 1. The summed E-state index contributed by atoms with van der Waals surface area (Å²) in [5, 5.41) is 0. The van der Waals surface area contributed by atoms with E-state index < -0.39 is 24.0 Å². The smallest absolute Gasteiger partial charge is 0.307 e. The van der Waals surface area contributed by atoms with E-state index in [0.29, 0.717) is 22.7 Å². The average Bonchev–Trinajstić information content (AvgIpc) is 3.01. The molecule has 0 bridgehead atoms. The van der Waals surface area contributed by atoms with E-state index in [-0.39, 0.29) is 5.56 Å². The lowest BCUT2D eigenvalue weighted by molar-refractivity contribution is -0.169. The molecule has 10 heteroatoms. The zero-order valence-corrected chi connectivity index (χ0v) is 14.6. The summed E-state index contributed by atoms with van der Waals surface area (Å²) in [7, 11) is 1.25. The maximum absolute atomic E-state index is 13.6. The van der Waals surface area contributed by atoms with Crippen LogP contribution >= 0.6 is 11.9 Å². The molecule has 1 aromatic carbocycles. The molecule has 3 aromatic rings. The van der Waals surface area contributed by atoms with Gasteiger partial charge < -0.3 is 4.40 Å². The molecule has 0 spiro atoms. The van der Waals surface area contributed by atoms with Gasteiger partial charge in [0.25, 0.3) is 0 Å². The summed E-state index contributed by atoms with van der Waals surface area (Å²) in [4.78, 5) is 4.60. The van der Waals surface area contributed by atoms with E-state index in [1.54, 1.807) is 35.1 Å². The monoisotopic (exact) mass is 405 g/mol. The van der Waals surface area contributed by atoms with Crippen LogP contribution in [0.3, 0.4) is 0 Å². The maximum Gasteiger partial charge on any atom is 0.416 e. The van der Waals surface area contributed by atoms with Gasteiger partial charge in [0, 0.05) is 23.5 Å². The molecule has 0 aliphatic heterocycles. The number of rotatable bonds is 4. The van der Waals surface area contributed by atoms with E-state index in [1.165, 1.54) is 7.05 Å². The van der Waals surface area contributed by atoms with Gasteiger partial charge in [-0.2, -0.15) is 26.3 Å². The van der Waals surface area contributed by atoms with Crippen molar-refractivity contribution in [3.05, 3.63) is 66.1 Å². The Balaban J connectivity index is 1.87. The Labute approximate surface area is 154 Å². The first-order valence-electron chi connectivity index (χ1n) is 7.63. The van der Waals surface area contributed by atoms with E-state index in [0.717, 1.165) is 28.4 Å². The van der Waals surface area contributed by atoms with Gasteiger partial charge in [-0.15, -0.1) is 0 Å². The minimum absolute atomic E-state index is 0.271. The van der Waals surface area contributed by atoms with E-state index in [9.17, 15) is 26.3 Å². The fraction of sp³-hybridized carbons (Fsp3) is 0.235. The van der Waals surface area contributed by atoms with Crippen LogP contribution in [-0.2, 0) is 6.18 Å². The molecule has 27 heavy (non-hydrogen) atoms. The van der Waals surface area contributed by atoms with Crippen molar-refractivity contribution >= 4 is 17.6 Å². The third kappa shape index (κ3) is 4.38. The first-order chi connectivity index (χ1) is 12.6. The summed E-state index contributed by atoms with van der Waals surface area (Å²) in [5.41, 5.74) is -0.689. The highest BCUT2D eigenvalue weighted by Gasteiger charge is 2.44. The average molecular weight is 405 g/mol. The van der Waals surface area contributed by atoms with E-state index in [2.05, 4.69) is 4.98 Å². The Morgan fingerprint density at radius 1 is 1.00 bits per heavy atom. The molecule has 0 amide bonds. The summed E-state index contributed by atoms with van der Waals surface area (Å²) in [6.45, 7) is 0. The van der Waals surface area contributed by atoms with Crippen molar-refractivity contribution in [3.63, 3.8) is 0 Å². The maximum atomic E-state index is 13.6. The first kappa shape index (κ1) is 19.6. The Hall–Kier alpha value is -2.20. The van der Waals surface area contributed by atoms with Crippen molar-refractivity contribution in [2.45, 2.75) is 23.3 Å². The molecule has 3 rings (SSSR count). The number of halogens is 6. The molecule has 1 atom stereocenters. The number of nitrogens with zero attached hydrogens (tertiary/aromatic N) is 3. The molecule has 0 fully saturated rings. The van der Waals surface area contributed by atoms with Gasteiger partial charge in [-0.3, -0.25) is 0 Å². The predicted octanol–water partition coefficient (Wildman–Crippen LogP) is 5.60. The molecule has 0 radical (unpaired) electrons. The fourth-order valence-electron chi connectivity index (χ4n) is 2.63. The Morgan fingerprint density at radius 2 is 1.67 bits per heavy atom. The van der Waals surface area contributed by atoms with Gasteiger partial charge in [0.15, 0.2) is 0 Å².